The number of nitrogens with zero attached hydrogens (tertiary/aromatic N) is 3. The molecule has 36 heavy (non-hydrogen) atoms. The third-order valence-electron chi connectivity index (χ3n) is 5.15. The molecule has 1 aromatic heterocycles. The van der Waals surface area contributed by atoms with Crippen molar-refractivity contribution in [1.82, 2.24) is 14.8 Å². The maximum absolute atomic E-state index is 12.9. The van der Waals surface area contributed by atoms with Crippen LogP contribution in [0, 0.1) is 13.8 Å². The first-order valence-electron chi connectivity index (χ1n) is 10.7. The van der Waals surface area contributed by atoms with E-state index in [1.165, 1.54) is 16.8 Å². The molecule has 0 unspecified atom stereocenters. The molecule has 1 heterocycles. The molecule has 0 aliphatic heterocycles. The van der Waals surface area contributed by atoms with E-state index in [2.05, 4.69) is 25.5 Å². The van der Waals surface area contributed by atoms with Crippen molar-refractivity contribution in [2.75, 3.05) is 10.6 Å². The number of nitrogens with one attached hydrogen (secondary N) is 2. The molecule has 4 rings (SSSR count). The first kappa shape index (κ1) is 24.5. The Bertz CT molecular complexity index is 1420. The monoisotopic (exact) mass is 495 g/mol. The maximum atomic E-state index is 12.9. The molecular formula is C25H20F3N5O3. The van der Waals surface area contributed by atoms with Gasteiger partial charge in [-0.15, -0.1) is 18.3 Å². The van der Waals surface area contributed by atoms with Crippen LogP contribution in [0.3, 0.4) is 0 Å². The Hall–Kier alpha value is -4.67. The number of hydrogen-bond donors (Lipinski definition) is 2. The quantitative estimate of drug-likeness (QED) is 0.379. The number of amides is 2. The van der Waals surface area contributed by atoms with Gasteiger partial charge in [0.25, 0.3) is 17.8 Å². The lowest BCUT2D eigenvalue weighted by Crippen LogP contribution is -2.17. The van der Waals surface area contributed by atoms with Crippen molar-refractivity contribution in [3.05, 3.63) is 95.1 Å². The summed E-state index contributed by atoms with van der Waals surface area (Å²) >= 11 is 0. The van der Waals surface area contributed by atoms with Crippen LogP contribution >= 0.6 is 0 Å². The van der Waals surface area contributed by atoms with E-state index >= 15 is 0 Å². The van der Waals surface area contributed by atoms with Crippen LogP contribution in [0.1, 0.15) is 31.8 Å². The van der Waals surface area contributed by atoms with Crippen LogP contribution in [0.2, 0.25) is 0 Å². The molecule has 4 aromatic rings. The predicted octanol–water partition coefficient (Wildman–Crippen LogP) is 5.29. The van der Waals surface area contributed by atoms with E-state index in [1.807, 2.05) is 0 Å². The minimum absolute atomic E-state index is 0.0483. The minimum atomic E-state index is -4.84. The van der Waals surface area contributed by atoms with Gasteiger partial charge in [0, 0.05) is 11.1 Å². The molecule has 2 N–H and O–H groups in total. The fraction of sp³-hybridized carbons (Fsp3) is 0.120. The molecule has 3 aromatic carbocycles. The zero-order valence-electron chi connectivity index (χ0n) is 19.1. The Morgan fingerprint density at radius 1 is 0.806 bits per heavy atom. The number of carbonyl (C=O) groups excluding carboxylic acids is 2. The van der Waals surface area contributed by atoms with E-state index in [0.29, 0.717) is 11.1 Å². The molecule has 0 saturated heterocycles. The molecule has 0 aliphatic carbocycles. The Kier molecular flexibility index (Phi) is 6.73. The summed E-state index contributed by atoms with van der Waals surface area (Å²) in [6, 6.07) is 18.7. The fourth-order valence-electron chi connectivity index (χ4n) is 3.41. The molecule has 0 bridgehead atoms. The van der Waals surface area contributed by atoms with E-state index in [4.69, 9.17) is 0 Å². The van der Waals surface area contributed by atoms with Gasteiger partial charge in [0.15, 0.2) is 0 Å². The lowest BCUT2D eigenvalue weighted by molar-refractivity contribution is -0.274. The Balaban J connectivity index is 1.67. The molecule has 0 aliphatic rings. The van der Waals surface area contributed by atoms with Gasteiger partial charge in [0.2, 0.25) is 5.95 Å². The number of alkyl halides is 3. The second-order valence-corrected chi connectivity index (χ2v) is 7.75. The molecule has 2 amide bonds. The molecule has 0 saturated carbocycles. The number of anilines is 2. The molecule has 0 atom stereocenters. The number of hydrogen-bond acceptors (Lipinski definition) is 5. The smallest absolute Gasteiger partial charge is 0.406 e. The fourth-order valence-corrected chi connectivity index (χ4v) is 3.41. The lowest BCUT2D eigenvalue weighted by Gasteiger charge is -2.11. The van der Waals surface area contributed by atoms with Crippen LogP contribution < -0.4 is 15.4 Å². The van der Waals surface area contributed by atoms with Gasteiger partial charge in [-0.2, -0.15) is 9.67 Å². The van der Waals surface area contributed by atoms with E-state index in [0.717, 1.165) is 23.3 Å². The van der Waals surface area contributed by atoms with E-state index < -0.39 is 23.9 Å². The van der Waals surface area contributed by atoms with Crippen LogP contribution in [0.15, 0.2) is 72.8 Å². The predicted molar refractivity (Wildman–Crippen MR) is 126 cm³/mol. The molecule has 0 fully saturated rings. The zero-order valence-corrected chi connectivity index (χ0v) is 19.1. The molecule has 0 radical (unpaired) electrons. The third kappa shape index (κ3) is 5.69. The summed E-state index contributed by atoms with van der Waals surface area (Å²) in [7, 11) is 0. The van der Waals surface area contributed by atoms with Gasteiger partial charge in [0.1, 0.15) is 5.75 Å². The first-order chi connectivity index (χ1) is 17.1. The van der Waals surface area contributed by atoms with Crippen LogP contribution in [0.5, 0.6) is 5.75 Å². The van der Waals surface area contributed by atoms with Crippen LogP contribution in [-0.4, -0.2) is 32.9 Å². The number of aryl methyl sites for hydroxylation is 2. The van der Waals surface area contributed by atoms with Crippen LogP contribution in [0.4, 0.5) is 25.1 Å². The Morgan fingerprint density at radius 3 is 1.86 bits per heavy atom. The van der Waals surface area contributed by atoms with Crippen molar-refractivity contribution in [3.8, 4) is 11.4 Å². The van der Waals surface area contributed by atoms with E-state index in [9.17, 15) is 22.8 Å². The Morgan fingerprint density at radius 2 is 1.33 bits per heavy atom. The zero-order chi connectivity index (χ0) is 25.9. The van der Waals surface area contributed by atoms with E-state index in [1.54, 1.807) is 62.4 Å². The minimum Gasteiger partial charge on any atom is -0.406 e. The van der Waals surface area contributed by atoms with Gasteiger partial charge >= 0.3 is 6.36 Å². The van der Waals surface area contributed by atoms with Gasteiger partial charge < -0.3 is 4.74 Å². The molecule has 11 heteroatoms. The van der Waals surface area contributed by atoms with Gasteiger partial charge in [-0.05, 0) is 61.4 Å². The SMILES string of the molecule is Cc1ccccc1C(=O)Nc1nc(NC(=O)c2ccccc2C)n(-c2ccc(OC(F)(F)F)cc2)n1. The molecule has 184 valence electrons. The molecule has 0 spiro atoms. The van der Waals surface area contributed by atoms with Crippen molar-refractivity contribution < 1.29 is 27.5 Å². The summed E-state index contributed by atoms with van der Waals surface area (Å²) in [5.74, 6) is -1.52. The number of aromatic nitrogens is 3. The van der Waals surface area contributed by atoms with Gasteiger partial charge in [0.05, 0.1) is 5.69 Å². The third-order valence-corrected chi connectivity index (χ3v) is 5.15. The number of carbonyl (C=O) groups is 2. The summed E-state index contributed by atoms with van der Waals surface area (Å²) in [5.41, 5.74) is 2.54. The molecular weight excluding hydrogens is 475 g/mol. The average Bonchev–Trinajstić information content (AvgIpc) is 3.20. The van der Waals surface area contributed by atoms with Crippen LogP contribution in [-0.2, 0) is 0 Å². The number of rotatable bonds is 6. The highest BCUT2D eigenvalue weighted by Crippen LogP contribution is 2.25. The van der Waals surface area contributed by atoms with Crippen molar-refractivity contribution in [3.63, 3.8) is 0 Å². The van der Waals surface area contributed by atoms with Crippen molar-refractivity contribution in [2.45, 2.75) is 20.2 Å². The summed E-state index contributed by atoms with van der Waals surface area (Å²) in [4.78, 5) is 29.9. The average molecular weight is 495 g/mol. The van der Waals surface area contributed by atoms with Crippen molar-refractivity contribution in [2.24, 2.45) is 0 Å². The van der Waals surface area contributed by atoms with Gasteiger partial charge in [-0.1, -0.05) is 36.4 Å². The lowest BCUT2D eigenvalue weighted by atomic mass is 10.1. The van der Waals surface area contributed by atoms with E-state index in [-0.39, 0.29) is 17.6 Å². The van der Waals surface area contributed by atoms with Gasteiger partial charge in [-0.25, -0.2) is 0 Å². The summed E-state index contributed by atoms with van der Waals surface area (Å²) in [6.07, 6.45) is -4.84. The normalized spacial score (nSPS) is 11.1. The van der Waals surface area contributed by atoms with Crippen LogP contribution in [0.25, 0.3) is 5.69 Å². The first-order valence-corrected chi connectivity index (χ1v) is 10.7. The highest BCUT2D eigenvalue weighted by atomic mass is 19.4. The molecule has 8 nitrogen and oxygen atoms in total. The second-order valence-electron chi connectivity index (χ2n) is 7.75. The van der Waals surface area contributed by atoms with Crippen molar-refractivity contribution in [1.29, 1.82) is 0 Å². The van der Waals surface area contributed by atoms with Gasteiger partial charge in [-0.3, -0.25) is 20.2 Å². The maximum Gasteiger partial charge on any atom is 0.573 e. The Labute approximate surface area is 203 Å². The highest BCUT2D eigenvalue weighted by molar-refractivity contribution is 6.06. The topological polar surface area (TPSA) is 98.1 Å². The highest BCUT2D eigenvalue weighted by Gasteiger charge is 2.31. The summed E-state index contributed by atoms with van der Waals surface area (Å²) in [6.45, 7) is 3.55. The largest absolute Gasteiger partial charge is 0.573 e. The number of benzene rings is 3. The summed E-state index contributed by atoms with van der Waals surface area (Å²) in [5, 5.41) is 9.49. The number of ether oxygens (including phenoxy) is 1. The standard InChI is InChI=1S/C25H20F3N5O3/c1-15-7-3-5-9-19(15)21(34)29-23-31-24(30-22(35)20-10-6-4-8-16(20)2)33(32-23)17-11-13-18(14-12-17)36-25(26,27)28/h3-14H,1-2H3,(H2,29,30,31,32,34,35). The second kappa shape index (κ2) is 9.90. The van der Waals surface area contributed by atoms with Crippen molar-refractivity contribution >= 4 is 23.7 Å². The number of halogens is 3. The summed E-state index contributed by atoms with van der Waals surface area (Å²) < 4.78 is 42.7.